The van der Waals surface area contributed by atoms with Gasteiger partial charge in [-0.2, -0.15) is 0 Å². The van der Waals surface area contributed by atoms with Crippen molar-refractivity contribution in [2.45, 2.75) is 25.8 Å². The molecule has 17 heavy (non-hydrogen) atoms. The zero-order valence-corrected chi connectivity index (χ0v) is 10.3. The zero-order chi connectivity index (χ0) is 12.1. The predicted octanol–water partition coefficient (Wildman–Crippen LogP) is 1.95. The molecule has 1 fully saturated rings. The SMILES string of the molecule is NCCCN(Cc1ccc(O)cc1)CC1CC1. The van der Waals surface area contributed by atoms with E-state index >= 15 is 0 Å². The van der Waals surface area contributed by atoms with E-state index in [0.717, 1.165) is 32.0 Å². The molecule has 1 aromatic carbocycles. The normalized spacial score (nSPS) is 15.4. The first-order valence-electron chi connectivity index (χ1n) is 6.48. The van der Waals surface area contributed by atoms with Gasteiger partial charge in [0, 0.05) is 13.1 Å². The van der Waals surface area contributed by atoms with E-state index in [1.165, 1.54) is 24.9 Å². The summed E-state index contributed by atoms with van der Waals surface area (Å²) in [4.78, 5) is 2.48. The van der Waals surface area contributed by atoms with Crippen molar-refractivity contribution in [1.29, 1.82) is 0 Å². The monoisotopic (exact) mass is 234 g/mol. The molecule has 0 spiro atoms. The van der Waals surface area contributed by atoms with E-state index in [-0.39, 0.29) is 0 Å². The van der Waals surface area contributed by atoms with Crippen molar-refractivity contribution in [2.24, 2.45) is 11.7 Å². The topological polar surface area (TPSA) is 49.5 Å². The molecule has 0 amide bonds. The first-order chi connectivity index (χ1) is 8.28. The molecule has 94 valence electrons. The van der Waals surface area contributed by atoms with Crippen LogP contribution in [-0.4, -0.2) is 29.6 Å². The van der Waals surface area contributed by atoms with Crippen LogP contribution in [0.25, 0.3) is 0 Å². The second-order valence-corrected chi connectivity index (χ2v) is 4.99. The van der Waals surface area contributed by atoms with Crippen LogP contribution in [0.15, 0.2) is 24.3 Å². The van der Waals surface area contributed by atoms with E-state index in [0.29, 0.717) is 5.75 Å². The largest absolute Gasteiger partial charge is 0.508 e. The summed E-state index contributed by atoms with van der Waals surface area (Å²) in [5.74, 6) is 1.24. The highest BCUT2D eigenvalue weighted by Crippen LogP contribution is 2.30. The molecule has 1 aliphatic rings. The van der Waals surface area contributed by atoms with E-state index in [1.807, 2.05) is 12.1 Å². The minimum absolute atomic E-state index is 0.337. The van der Waals surface area contributed by atoms with Crippen molar-refractivity contribution in [3.8, 4) is 5.75 Å². The summed E-state index contributed by atoms with van der Waals surface area (Å²) in [6.45, 7) is 4.00. The number of phenolic OH excluding ortho intramolecular Hbond substituents is 1. The summed E-state index contributed by atoms with van der Waals surface area (Å²) in [6.07, 6.45) is 3.83. The van der Waals surface area contributed by atoms with E-state index < -0.39 is 0 Å². The van der Waals surface area contributed by atoms with Crippen molar-refractivity contribution < 1.29 is 5.11 Å². The van der Waals surface area contributed by atoms with Crippen LogP contribution in [0.5, 0.6) is 5.75 Å². The van der Waals surface area contributed by atoms with Gasteiger partial charge in [-0.1, -0.05) is 12.1 Å². The zero-order valence-electron chi connectivity index (χ0n) is 10.3. The summed E-state index contributed by atoms with van der Waals surface area (Å²) in [7, 11) is 0. The maximum Gasteiger partial charge on any atom is 0.115 e. The highest BCUT2D eigenvalue weighted by molar-refractivity contribution is 5.25. The van der Waals surface area contributed by atoms with Gasteiger partial charge in [0.25, 0.3) is 0 Å². The molecule has 0 unspecified atom stereocenters. The number of benzene rings is 1. The number of rotatable bonds is 7. The van der Waals surface area contributed by atoms with E-state index in [4.69, 9.17) is 5.73 Å². The molecule has 0 radical (unpaired) electrons. The second kappa shape index (κ2) is 6.03. The molecule has 3 N–H and O–H groups in total. The van der Waals surface area contributed by atoms with Gasteiger partial charge < -0.3 is 10.8 Å². The average molecular weight is 234 g/mol. The highest BCUT2D eigenvalue weighted by Gasteiger charge is 2.23. The van der Waals surface area contributed by atoms with Crippen LogP contribution in [0.3, 0.4) is 0 Å². The number of nitrogens with zero attached hydrogens (tertiary/aromatic N) is 1. The van der Waals surface area contributed by atoms with Crippen molar-refractivity contribution in [2.75, 3.05) is 19.6 Å². The minimum Gasteiger partial charge on any atom is -0.508 e. The Bertz CT molecular complexity index is 333. The van der Waals surface area contributed by atoms with Crippen molar-refractivity contribution in [1.82, 2.24) is 4.90 Å². The summed E-state index contributed by atoms with van der Waals surface area (Å²) >= 11 is 0. The predicted molar refractivity (Wildman–Crippen MR) is 69.8 cm³/mol. The van der Waals surface area contributed by atoms with E-state index in [9.17, 15) is 5.11 Å². The molecule has 0 heterocycles. The highest BCUT2D eigenvalue weighted by atomic mass is 16.3. The van der Waals surface area contributed by atoms with Gasteiger partial charge >= 0.3 is 0 Å². The van der Waals surface area contributed by atoms with Crippen LogP contribution in [0.1, 0.15) is 24.8 Å². The minimum atomic E-state index is 0.337. The summed E-state index contributed by atoms with van der Waals surface area (Å²) in [5, 5.41) is 9.26. The fourth-order valence-electron chi connectivity index (χ4n) is 2.07. The van der Waals surface area contributed by atoms with Gasteiger partial charge in [0.15, 0.2) is 0 Å². The number of phenols is 1. The second-order valence-electron chi connectivity index (χ2n) is 4.99. The fourth-order valence-corrected chi connectivity index (χ4v) is 2.07. The molecule has 0 atom stereocenters. The number of aromatic hydroxyl groups is 1. The van der Waals surface area contributed by atoms with Gasteiger partial charge in [-0.05, 0) is 56.0 Å². The molecule has 0 bridgehead atoms. The average Bonchev–Trinajstić information content (AvgIpc) is 3.13. The van der Waals surface area contributed by atoms with Crippen LogP contribution in [0.2, 0.25) is 0 Å². The van der Waals surface area contributed by atoms with Gasteiger partial charge in [0.05, 0.1) is 0 Å². The Morgan fingerprint density at radius 1 is 1.24 bits per heavy atom. The van der Waals surface area contributed by atoms with Crippen LogP contribution in [0, 0.1) is 5.92 Å². The molecule has 1 saturated carbocycles. The van der Waals surface area contributed by atoms with Gasteiger partial charge in [-0.15, -0.1) is 0 Å². The first kappa shape index (κ1) is 12.4. The molecular formula is C14H22N2O. The quantitative estimate of drug-likeness (QED) is 0.758. The van der Waals surface area contributed by atoms with Crippen molar-refractivity contribution >= 4 is 0 Å². The molecule has 0 aromatic heterocycles. The molecule has 0 aliphatic heterocycles. The molecule has 0 saturated heterocycles. The summed E-state index contributed by atoms with van der Waals surface area (Å²) in [5.41, 5.74) is 6.84. The fraction of sp³-hybridized carbons (Fsp3) is 0.571. The van der Waals surface area contributed by atoms with Gasteiger partial charge in [0.2, 0.25) is 0 Å². The van der Waals surface area contributed by atoms with Gasteiger partial charge in [-0.25, -0.2) is 0 Å². The maximum absolute atomic E-state index is 9.26. The molecule has 3 heteroatoms. The third kappa shape index (κ3) is 4.36. The van der Waals surface area contributed by atoms with Crippen LogP contribution < -0.4 is 5.73 Å². The molecule has 1 aliphatic carbocycles. The van der Waals surface area contributed by atoms with Crippen LogP contribution in [-0.2, 0) is 6.54 Å². The lowest BCUT2D eigenvalue weighted by Crippen LogP contribution is -2.28. The van der Waals surface area contributed by atoms with E-state index in [2.05, 4.69) is 4.90 Å². The molecule has 1 aromatic rings. The Kier molecular flexibility index (Phi) is 4.40. The Morgan fingerprint density at radius 2 is 1.94 bits per heavy atom. The Morgan fingerprint density at radius 3 is 2.53 bits per heavy atom. The first-order valence-corrected chi connectivity index (χ1v) is 6.48. The number of nitrogens with two attached hydrogens (primary N) is 1. The third-order valence-corrected chi connectivity index (χ3v) is 3.23. The lowest BCUT2D eigenvalue weighted by atomic mass is 10.2. The smallest absolute Gasteiger partial charge is 0.115 e. The van der Waals surface area contributed by atoms with Crippen LogP contribution in [0.4, 0.5) is 0 Å². The van der Waals surface area contributed by atoms with Gasteiger partial charge in [-0.3, -0.25) is 4.90 Å². The lowest BCUT2D eigenvalue weighted by Gasteiger charge is -2.22. The summed E-state index contributed by atoms with van der Waals surface area (Å²) < 4.78 is 0. The van der Waals surface area contributed by atoms with Gasteiger partial charge in [0.1, 0.15) is 5.75 Å². The standard InChI is InChI=1S/C14H22N2O/c15-8-1-9-16(10-12-2-3-12)11-13-4-6-14(17)7-5-13/h4-7,12,17H,1-3,8-11,15H2. The number of hydrogen-bond acceptors (Lipinski definition) is 3. The van der Waals surface area contributed by atoms with Crippen LogP contribution >= 0.6 is 0 Å². The molecule has 3 nitrogen and oxygen atoms in total. The number of hydrogen-bond donors (Lipinski definition) is 2. The Labute approximate surface area is 103 Å². The Hall–Kier alpha value is -1.06. The maximum atomic E-state index is 9.26. The summed E-state index contributed by atoms with van der Waals surface area (Å²) in [6, 6.07) is 7.51. The lowest BCUT2D eigenvalue weighted by molar-refractivity contribution is 0.253. The molecule has 2 rings (SSSR count). The van der Waals surface area contributed by atoms with Crippen molar-refractivity contribution in [3.63, 3.8) is 0 Å². The molecular weight excluding hydrogens is 212 g/mol. The Balaban J connectivity index is 1.87. The van der Waals surface area contributed by atoms with E-state index in [1.54, 1.807) is 12.1 Å². The third-order valence-electron chi connectivity index (χ3n) is 3.23. The van der Waals surface area contributed by atoms with Crippen molar-refractivity contribution in [3.05, 3.63) is 29.8 Å².